The van der Waals surface area contributed by atoms with Crippen molar-refractivity contribution in [2.45, 2.75) is 6.92 Å². The molecule has 0 amide bonds. The summed E-state index contributed by atoms with van der Waals surface area (Å²) in [6, 6.07) is 1.98. The fraction of sp³-hybridized carbons (Fsp3) is 0.143. The molecule has 1 aromatic carbocycles. The van der Waals surface area contributed by atoms with Crippen molar-refractivity contribution >= 4 is 62.5 Å². The Labute approximate surface area is 98.0 Å². The normalized spacial score (nSPS) is 10.2. The minimum Gasteiger partial charge on any atom is -0.398 e. The van der Waals surface area contributed by atoms with Crippen molar-refractivity contribution in [3.05, 3.63) is 23.8 Å². The van der Waals surface area contributed by atoms with Gasteiger partial charge in [-0.05, 0) is 63.7 Å². The Morgan fingerprint density at radius 2 is 1.91 bits per heavy atom. The number of anilines is 1. The van der Waals surface area contributed by atoms with Gasteiger partial charge in [0, 0.05) is 12.8 Å². The van der Waals surface area contributed by atoms with E-state index in [-0.39, 0.29) is 0 Å². The largest absolute Gasteiger partial charge is 0.398 e. The van der Waals surface area contributed by atoms with E-state index in [2.05, 4.69) is 45.2 Å². The predicted octanol–water partition coefficient (Wildman–Crippen LogP) is 3.44. The number of hydrogen-bond acceptors (Lipinski definition) is 1. The van der Waals surface area contributed by atoms with Crippen LogP contribution in [-0.4, -0.2) is 0 Å². The Morgan fingerprint density at radius 3 is 2.45 bits per heavy atom. The monoisotopic (exact) mass is 393 g/mol. The fourth-order valence-electron chi connectivity index (χ4n) is 0.729. The second-order valence-corrected chi connectivity index (χ2v) is 4.90. The van der Waals surface area contributed by atoms with Gasteiger partial charge in [-0.25, -0.2) is 0 Å². The van der Waals surface area contributed by atoms with E-state index in [0.29, 0.717) is 0 Å². The van der Waals surface area contributed by atoms with Crippen molar-refractivity contribution in [2.75, 3.05) is 5.73 Å². The van der Waals surface area contributed by atoms with E-state index < -0.39 is 0 Å². The minimum absolute atomic E-state index is 0.767. The zero-order valence-corrected chi connectivity index (χ0v) is 10.9. The van der Waals surface area contributed by atoms with Crippen LogP contribution in [0.15, 0.2) is 6.07 Å². The van der Waals surface area contributed by atoms with Crippen LogP contribution >= 0.6 is 56.8 Å². The Bertz CT molecular complexity index is 273. The Kier molecular flexibility index (Phi) is 3.27. The molecular formula is C7H6ClI2N. The van der Waals surface area contributed by atoms with Gasteiger partial charge in [0.05, 0.1) is 5.02 Å². The van der Waals surface area contributed by atoms with Crippen LogP contribution in [0, 0.1) is 14.1 Å². The predicted molar refractivity (Wildman–Crippen MR) is 66.0 cm³/mol. The standard InChI is InChI=1S/C7H6ClI2N/c1-3-6(8)4(9)2-5(10)7(3)11/h2H,11H2,1H3. The molecule has 0 aliphatic rings. The number of halogens is 3. The second-order valence-electron chi connectivity index (χ2n) is 2.19. The van der Waals surface area contributed by atoms with Crippen LogP contribution in [-0.2, 0) is 0 Å². The molecule has 60 valence electrons. The van der Waals surface area contributed by atoms with E-state index in [0.717, 1.165) is 23.4 Å². The van der Waals surface area contributed by atoms with Gasteiger partial charge in [-0.1, -0.05) is 11.6 Å². The van der Waals surface area contributed by atoms with Crippen molar-refractivity contribution in [3.8, 4) is 0 Å². The Balaban J connectivity index is 3.46. The minimum atomic E-state index is 0.767. The van der Waals surface area contributed by atoms with Gasteiger partial charge in [-0.15, -0.1) is 0 Å². The van der Waals surface area contributed by atoms with Crippen LogP contribution in [0.1, 0.15) is 5.56 Å². The van der Waals surface area contributed by atoms with Gasteiger partial charge in [0.25, 0.3) is 0 Å². The molecule has 0 spiro atoms. The third-order valence-electron chi connectivity index (χ3n) is 1.45. The zero-order chi connectivity index (χ0) is 8.59. The zero-order valence-electron chi connectivity index (χ0n) is 5.79. The molecule has 2 N–H and O–H groups in total. The van der Waals surface area contributed by atoms with E-state index in [4.69, 9.17) is 17.3 Å². The molecule has 4 heteroatoms. The molecule has 0 radical (unpaired) electrons. The van der Waals surface area contributed by atoms with Gasteiger partial charge in [0.1, 0.15) is 0 Å². The second kappa shape index (κ2) is 3.66. The van der Waals surface area contributed by atoms with Gasteiger partial charge in [0.15, 0.2) is 0 Å². The summed E-state index contributed by atoms with van der Waals surface area (Å²) < 4.78 is 2.12. The van der Waals surface area contributed by atoms with Crippen LogP contribution in [0.5, 0.6) is 0 Å². The highest BCUT2D eigenvalue weighted by Crippen LogP contribution is 2.30. The molecule has 0 aromatic heterocycles. The van der Waals surface area contributed by atoms with Crippen molar-refractivity contribution < 1.29 is 0 Å². The molecule has 1 nitrogen and oxygen atoms in total. The van der Waals surface area contributed by atoms with E-state index in [1.165, 1.54) is 0 Å². The van der Waals surface area contributed by atoms with Crippen LogP contribution in [0.2, 0.25) is 5.02 Å². The summed E-state index contributed by atoms with van der Waals surface area (Å²) in [5.74, 6) is 0. The number of nitrogens with two attached hydrogens (primary N) is 1. The van der Waals surface area contributed by atoms with Crippen LogP contribution in [0.4, 0.5) is 5.69 Å². The molecule has 0 aliphatic heterocycles. The first-order valence-corrected chi connectivity index (χ1v) is 5.47. The summed E-state index contributed by atoms with van der Waals surface area (Å²) >= 11 is 10.4. The smallest absolute Gasteiger partial charge is 0.0589 e. The Hall–Kier alpha value is 0.770. The number of hydrogen-bond donors (Lipinski definition) is 1. The molecule has 0 atom stereocenters. The lowest BCUT2D eigenvalue weighted by molar-refractivity contribution is 1.43. The average molecular weight is 393 g/mol. The first kappa shape index (κ1) is 9.85. The topological polar surface area (TPSA) is 26.0 Å². The molecule has 11 heavy (non-hydrogen) atoms. The molecule has 1 aromatic rings. The highest BCUT2D eigenvalue weighted by Gasteiger charge is 2.07. The summed E-state index contributed by atoms with van der Waals surface area (Å²) in [6.07, 6.45) is 0. The van der Waals surface area contributed by atoms with Gasteiger partial charge in [-0.2, -0.15) is 0 Å². The highest BCUT2D eigenvalue weighted by atomic mass is 127. The number of nitrogen functional groups attached to an aromatic ring is 1. The van der Waals surface area contributed by atoms with E-state index in [1.807, 2.05) is 13.0 Å². The lowest BCUT2D eigenvalue weighted by Crippen LogP contribution is -1.95. The molecule has 0 saturated carbocycles. The number of rotatable bonds is 0. The summed E-state index contributed by atoms with van der Waals surface area (Å²) in [5, 5.41) is 0.767. The lowest BCUT2D eigenvalue weighted by atomic mass is 10.2. The molecule has 0 bridgehead atoms. The maximum absolute atomic E-state index is 5.96. The van der Waals surface area contributed by atoms with Crippen molar-refractivity contribution in [1.82, 2.24) is 0 Å². The third kappa shape index (κ3) is 1.92. The fourth-order valence-corrected chi connectivity index (χ4v) is 2.91. The van der Waals surface area contributed by atoms with Gasteiger partial charge >= 0.3 is 0 Å². The highest BCUT2D eigenvalue weighted by molar-refractivity contribution is 14.1. The molecule has 1 rings (SSSR count). The third-order valence-corrected chi connectivity index (χ3v) is 4.00. The SMILES string of the molecule is Cc1c(N)c(I)cc(I)c1Cl. The van der Waals surface area contributed by atoms with Gasteiger partial charge in [-0.3, -0.25) is 0 Å². The average Bonchev–Trinajstić information content (AvgIpc) is 1.97. The van der Waals surface area contributed by atoms with E-state index >= 15 is 0 Å². The molecule has 0 heterocycles. The summed E-state index contributed by atoms with van der Waals surface area (Å²) in [4.78, 5) is 0. The molecule has 0 aliphatic carbocycles. The van der Waals surface area contributed by atoms with Crippen molar-refractivity contribution in [1.29, 1.82) is 0 Å². The van der Waals surface area contributed by atoms with Gasteiger partial charge < -0.3 is 5.73 Å². The van der Waals surface area contributed by atoms with Crippen molar-refractivity contribution in [3.63, 3.8) is 0 Å². The Morgan fingerprint density at radius 1 is 1.36 bits per heavy atom. The molecule has 0 unspecified atom stereocenters. The molecule has 0 fully saturated rings. The maximum Gasteiger partial charge on any atom is 0.0589 e. The summed E-state index contributed by atoms with van der Waals surface area (Å²) in [5.41, 5.74) is 7.52. The van der Waals surface area contributed by atoms with E-state index in [9.17, 15) is 0 Å². The quantitative estimate of drug-likeness (QED) is 0.408. The van der Waals surface area contributed by atoms with Crippen LogP contribution in [0.25, 0.3) is 0 Å². The lowest BCUT2D eigenvalue weighted by Gasteiger charge is -2.06. The summed E-state index contributed by atoms with van der Waals surface area (Å²) in [7, 11) is 0. The first-order chi connectivity index (χ1) is 5.04. The maximum atomic E-state index is 5.96. The van der Waals surface area contributed by atoms with Crippen LogP contribution in [0.3, 0.4) is 0 Å². The van der Waals surface area contributed by atoms with E-state index in [1.54, 1.807) is 0 Å². The summed E-state index contributed by atoms with van der Waals surface area (Å²) in [6.45, 7) is 1.93. The number of benzene rings is 1. The first-order valence-electron chi connectivity index (χ1n) is 2.93. The molecule has 0 saturated heterocycles. The van der Waals surface area contributed by atoms with Crippen LogP contribution < -0.4 is 5.73 Å². The van der Waals surface area contributed by atoms with Gasteiger partial charge in [0.2, 0.25) is 0 Å². The van der Waals surface area contributed by atoms with Crippen molar-refractivity contribution in [2.24, 2.45) is 0 Å². The molecular weight excluding hydrogens is 387 g/mol.